The van der Waals surface area contributed by atoms with Crippen molar-refractivity contribution in [3.05, 3.63) is 50.9 Å². The van der Waals surface area contributed by atoms with E-state index in [1.807, 2.05) is 17.5 Å². The molecule has 3 nitrogen and oxygen atoms in total. The molecule has 18 heavy (non-hydrogen) atoms. The molecule has 2 rings (SSSR count). The van der Waals surface area contributed by atoms with Crippen molar-refractivity contribution >= 4 is 28.9 Å². The van der Waals surface area contributed by atoms with Gasteiger partial charge in [0.1, 0.15) is 5.15 Å². The van der Waals surface area contributed by atoms with Gasteiger partial charge in [0.2, 0.25) is 0 Å². The zero-order chi connectivity index (χ0) is 13.0. The highest BCUT2D eigenvalue weighted by Crippen LogP contribution is 2.13. The van der Waals surface area contributed by atoms with Gasteiger partial charge in [0.25, 0.3) is 0 Å². The highest BCUT2D eigenvalue weighted by atomic mass is 35.5. The number of rotatable bonds is 4. The highest BCUT2D eigenvalue weighted by Gasteiger charge is 2.09. The summed E-state index contributed by atoms with van der Waals surface area (Å²) in [5, 5.41) is 2.31. The zero-order valence-corrected chi connectivity index (χ0v) is 11.4. The molecular formula is C13H12ClNO2S. The molecule has 0 spiro atoms. The average molecular weight is 282 g/mol. The van der Waals surface area contributed by atoms with Crippen molar-refractivity contribution in [1.82, 2.24) is 4.98 Å². The molecule has 0 atom stereocenters. The van der Waals surface area contributed by atoms with Crippen molar-refractivity contribution in [1.29, 1.82) is 0 Å². The van der Waals surface area contributed by atoms with E-state index in [4.69, 9.17) is 16.3 Å². The first-order valence-corrected chi connectivity index (χ1v) is 6.74. The van der Waals surface area contributed by atoms with Crippen LogP contribution in [-0.4, -0.2) is 17.6 Å². The summed E-state index contributed by atoms with van der Waals surface area (Å²) in [7, 11) is 0. The summed E-state index contributed by atoms with van der Waals surface area (Å²) in [4.78, 5) is 17.0. The van der Waals surface area contributed by atoms with Gasteiger partial charge in [0.05, 0.1) is 12.2 Å². The molecule has 0 saturated carbocycles. The minimum Gasteiger partial charge on any atom is -0.462 e. The fourth-order valence-corrected chi connectivity index (χ4v) is 2.47. The number of halogens is 1. The molecule has 0 fully saturated rings. The number of pyridine rings is 1. The second-order valence-electron chi connectivity index (χ2n) is 3.79. The van der Waals surface area contributed by atoms with Crippen molar-refractivity contribution < 1.29 is 9.53 Å². The van der Waals surface area contributed by atoms with E-state index >= 15 is 0 Å². The predicted octanol–water partition coefficient (Wildman–Crippen LogP) is 3.50. The van der Waals surface area contributed by atoms with Crippen LogP contribution in [0.15, 0.2) is 29.6 Å². The molecule has 0 aliphatic carbocycles. The van der Waals surface area contributed by atoms with Crippen molar-refractivity contribution in [2.45, 2.75) is 13.3 Å². The number of carbonyl (C=O) groups excluding carboxylic acids is 1. The smallest absolute Gasteiger partial charge is 0.338 e. The molecule has 0 N–H and O–H groups in total. The van der Waals surface area contributed by atoms with Gasteiger partial charge in [-0.25, -0.2) is 9.78 Å². The molecule has 0 bridgehead atoms. The molecule has 0 unspecified atom stereocenters. The normalized spacial score (nSPS) is 10.3. The number of ether oxygens (including phenoxy) is 1. The van der Waals surface area contributed by atoms with E-state index in [-0.39, 0.29) is 5.97 Å². The van der Waals surface area contributed by atoms with Gasteiger partial charge in [0.15, 0.2) is 0 Å². The van der Waals surface area contributed by atoms with Gasteiger partial charge in [-0.3, -0.25) is 0 Å². The maximum absolute atomic E-state index is 11.8. The lowest BCUT2D eigenvalue weighted by Crippen LogP contribution is -2.08. The Bertz CT molecular complexity index is 520. The van der Waals surface area contributed by atoms with Crippen LogP contribution < -0.4 is 0 Å². The van der Waals surface area contributed by atoms with Gasteiger partial charge in [-0.05, 0) is 30.5 Å². The van der Waals surface area contributed by atoms with Gasteiger partial charge >= 0.3 is 5.97 Å². The summed E-state index contributed by atoms with van der Waals surface area (Å²) in [6.45, 7) is 2.16. The van der Waals surface area contributed by atoms with Crippen LogP contribution in [-0.2, 0) is 11.2 Å². The van der Waals surface area contributed by atoms with Crippen molar-refractivity contribution in [2.24, 2.45) is 0 Å². The molecule has 2 aromatic heterocycles. The Morgan fingerprint density at radius 2 is 2.33 bits per heavy atom. The lowest BCUT2D eigenvalue weighted by Gasteiger charge is -2.05. The third-order valence-corrected chi connectivity index (χ3v) is 3.45. The Morgan fingerprint density at radius 3 is 3.00 bits per heavy atom. The molecule has 94 valence electrons. The number of esters is 1. The number of aryl methyl sites for hydroxylation is 1. The topological polar surface area (TPSA) is 39.2 Å². The molecule has 0 radical (unpaired) electrons. The Kier molecular flexibility index (Phi) is 4.33. The molecule has 0 amide bonds. The van der Waals surface area contributed by atoms with Crippen LogP contribution in [0, 0.1) is 6.92 Å². The van der Waals surface area contributed by atoms with E-state index in [0.717, 1.165) is 6.42 Å². The van der Waals surface area contributed by atoms with Crippen molar-refractivity contribution in [3.8, 4) is 0 Å². The standard InChI is InChI=1S/C13H12ClNO2S/c1-9-7-10(8-12(14)15-9)13(16)17-5-4-11-3-2-6-18-11/h2-3,6-8H,4-5H2,1H3. The van der Waals surface area contributed by atoms with E-state index in [0.29, 0.717) is 23.0 Å². The minimum absolute atomic E-state index is 0.306. The van der Waals surface area contributed by atoms with Crippen molar-refractivity contribution in [2.75, 3.05) is 6.61 Å². The first-order chi connectivity index (χ1) is 8.65. The number of carbonyl (C=O) groups is 1. The Balaban J connectivity index is 1.91. The molecule has 2 heterocycles. The largest absolute Gasteiger partial charge is 0.462 e. The second-order valence-corrected chi connectivity index (χ2v) is 5.20. The van der Waals surface area contributed by atoms with Crippen LogP contribution >= 0.6 is 22.9 Å². The van der Waals surface area contributed by atoms with Crippen LogP contribution in [0.1, 0.15) is 20.9 Å². The summed E-state index contributed by atoms with van der Waals surface area (Å²) >= 11 is 7.45. The summed E-state index contributed by atoms with van der Waals surface area (Å²) in [5.41, 5.74) is 1.14. The van der Waals surface area contributed by atoms with E-state index in [1.54, 1.807) is 24.3 Å². The molecule has 5 heteroatoms. The van der Waals surface area contributed by atoms with Crippen LogP contribution in [0.4, 0.5) is 0 Å². The molecule has 2 aromatic rings. The van der Waals surface area contributed by atoms with E-state index < -0.39 is 0 Å². The molecular weight excluding hydrogens is 270 g/mol. The predicted molar refractivity (Wildman–Crippen MR) is 72.3 cm³/mol. The molecule has 0 aromatic carbocycles. The maximum Gasteiger partial charge on any atom is 0.338 e. The number of aromatic nitrogens is 1. The van der Waals surface area contributed by atoms with Crippen LogP contribution in [0.25, 0.3) is 0 Å². The number of hydrogen-bond acceptors (Lipinski definition) is 4. The molecule has 0 saturated heterocycles. The zero-order valence-electron chi connectivity index (χ0n) is 9.85. The highest BCUT2D eigenvalue weighted by molar-refractivity contribution is 7.09. The summed E-state index contributed by atoms with van der Waals surface area (Å²) in [6.07, 6.45) is 0.737. The van der Waals surface area contributed by atoms with Gasteiger partial charge in [-0.15, -0.1) is 11.3 Å². The average Bonchev–Trinajstić information content (AvgIpc) is 2.80. The van der Waals surface area contributed by atoms with Crippen molar-refractivity contribution in [3.63, 3.8) is 0 Å². The van der Waals surface area contributed by atoms with Gasteiger partial charge in [-0.1, -0.05) is 17.7 Å². The monoisotopic (exact) mass is 281 g/mol. The maximum atomic E-state index is 11.8. The molecule has 0 aliphatic heterocycles. The van der Waals surface area contributed by atoms with E-state index in [9.17, 15) is 4.79 Å². The fourth-order valence-electron chi connectivity index (χ4n) is 1.53. The Morgan fingerprint density at radius 1 is 1.50 bits per heavy atom. The Hall–Kier alpha value is -1.39. The summed E-state index contributed by atoms with van der Waals surface area (Å²) in [6, 6.07) is 7.18. The number of nitrogens with zero attached hydrogens (tertiary/aromatic N) is 1. The van der Waals surface area contributed by atoms with Crippen LogP contribution in [0.5, 0.6) is 0 Å². The minimum atomic E-state index is -0.362. The first-order valence-electron chi connectivity index (χ1n) is 5.49. The number of thiophene rings is 1. The number of hydrogen-bond donors (Lipinski definition) is 0. The van der Waals surface area contributed by atoms with E-state index in [1.165, 1.54) is 10.9 Å². The van der Waals surface area contributed by atoms with E-state index in [2.05, 4.69) is 4.98 Å². The lowest BCUT2D eigenvalue weighted by molar-refractivity contribution is 0.0509. The fraction of sp³-hybridized carbons (Fsp3) is 0.231. The summed E-state index contributed by atoms with van der Waals surface area (Å²) < 4.78 is 5.19. The van der Waals surface area contributed by atoms with Crippen LogP contribution in [0.3, 0.4) is 0 Å². The third kappa shape index (κ3) is 3.55. The Labute approximate surface area is 114 Å². The SMILES string of the molecule is Cc1cc(C(=O)OCCc2cccs2)cc(Cl)n1. The van der Waals surface area contributed by atoms with Gasteiger partial charge < -0.3 is 4.74 Å². The lowest BCUT2D eigenvalue weighted by atomic mass is 10.2. The van der Waals surface area contributed by atoms with Crippen LogP contribution in [0.2, 0.25) is 5.15 Å². The second kappa shape index (κ2) is 5.98. The van der Waals surface area contributed by atoms with Gasteiger partial charge in [-0.2, -0.15) is 0 Å². The molecule has 0 aliphatic rings. The third-order valence-electron chi connectivity index (χ3n) is 2.32. The summed E-state index contributed by atoms with van der Waals surface area (Å²) in [5.74, 6) is -0.362. The van der Waals surface area contributed by atoms with Gasteiger partial charge in [0, 0.05) is 17.0 Å². The first kappa shape index (κ1) is 13.1. The quantitative estimate of drug-likeness (QED) is 0.636.